The molecule has 0 heterocycles. The van der Waals surface area contributed by atoms with E-state index in [4.69, 9.17) is 16.3 Å². The number of nitrogens with zero attached hydrogens (tertiary/aromatic N) is 1. The van der Waals surface area contributed by atoms with Crippen molar-refractivity contribution in [1.82, 2.24) is 10.2 Å². The van der Waals surface area contributed by atoms with E-state index >= 15 is 0 Å². The molecule has 2 amide bonds. The van der Waals surface area contributed by atoms with Gasteiger partial charge in [-0.2, -0.15) is 0 Å². The van der Waals surface area contributed by atoms with Gasteiger partial charge in [-0.25, -0.2) is 0 Å². The number of hydrogen-bond acceptors (Lipinski definition) is 3. The second-order valence-electron chi connectivity index (χ2n) is 7.91. The molecule has 0 aliphatic heterocycles. The van der Waals surface area contributed by atoms with E-state index in [1.165, 1.54) is 4.90 Å². The summed E-state index contributed by atoms with van der Waals surface area (Å²) in [6.07, 6.45) is 0. The van der Waals surface area contributed by atoms with Gasteiger partial charge in [-0.15, -0.1) is 0 Å². The SMILES string of the molecule is Cc1cccc(OCC(=O)N(Cc2ccccc2Cl)[C@H](C)C(=O)NCC(C)C)c1C. The van der Waals surface area contributed by atoms with Crippen molar-refractivity contribution >= 4 is 23.4 Å². The predicted octanol–water partition coefficient (Wildman–Crippen LogP) is 4.53. The van der Waals surface area contributed by atoms with Crippen LogP contribution in [0.3, 0.4) is 0 Å². The summed E-state index contributed by atoms with van der Waals surface area (Å²) < 4.78 is 5.80. The topological polar surface area (TPSA) is 58.6 Å². The Morgan fingerprint density at radius 3 is 2.43 bits per heavy atom. The molecule has 1 atom stereocenters. The number of hydrogen-bond donors (Lipinski definition) is 1. The minimum absolute atomic E-state index is 0.156. The normalized spacial score (nSPS) is 11.8. The van der Waals surface area contributed by atoms with Gasteiger partial charge in [0.1, 0.15) is 11.8 Å². The smallest absolute Gasteiger partial charge is 0.261 e. The minimum Gasteiger partial charge on any atom is -0.483 e. The number of aryl methyl sites for hydroxylation is 1. The zero-order valence-electron chi connectivity index (χ0n) is 18.4. The first-order valence-corrected chi connectivity index (χ1v) is 10.6. The molecule has 162 valence electrons. The van der Waals surface area contributed by atoms with E-state index in [9.17, 15) is 9.59 Å². The minimum atomic E-state index is -0.658. The Hall–Kier alpha value is -2.53. The highest BCUT2D eigenvalue weighted by Gasteiger charge is 2.27. The summed E-state index contributed by atoms with van der Waals surface area (Å²) in [5, 5.41) is 3.46. The lowest BCUT2D eigenvalue weighted by Crippen LogP contribution is -2.49. The molecule has 1 N–H and O–H groups in total. The summed E-state index contributed by atoms with van der Waals surface area (Å²) in [4.78, 5) is 27.3. The van der Waals surface area contributed by atoms with E-state index < -0.39 is 6.04 Å². The zero-order valence-corrected chi connectivity index (χ0v) is 19.1. The van der Waals surface area contributed by atoms with Gasteiger partial charge in [0.25, 0.3) is 5.91 Å². The van der Waals surface area contributed by atoms with Crippen LogP contribution in [0.5, 0.6) is 5.75 Å². The van der Waals surface area contributed by atoms with Crippen LogP contribution < -0.4 is 10.1 Å². The first-order chi connectivity index (χ1) is 14.2. The van der Waals surface area contributed by atoms with E-state index in [-0.39, 0.29) is 25.0 Å². The maximum atomic E-state index is 13.1. The molecule has 0 aromatic heterocycles. The summed E-state index contributed by atoms with van der Waals surface area (Å²) in [7, 11) is 0. The van der Waals surface area contributed by atoms with Crippen molar-refractivity contribution in [2.24, 2.45) is 5.92 Å². The fourth-order valence-corrected chi connectivity index (χ4v) is 3.14. The molecule has 0 saturated heterocycles. The first-order valence-electron chi connectivity index (χ1n) is 10.2. The molecule has 30 heavy (non-hydrogen) atoms. The fraction of sp³-hybridized carbons (Fsp3) is 0.417. The van der Waals surface area contributed by atoms with Crippen molar-refractivity contribution in [3.8, 4) is 5.75 Å². The molecule has 2 aromatic rings. The van der Waals surface area contributed by atoms with Crippen LogP contribution in [-0.4, -0.2) is 35.9 Å². The summed E-state index contributed by atoms with van der Waals surface area (Å²) in [6, 6.07) is 12.4. The van der Waals surface area contributed by atoms with E-state index in [1.807, 2.05) is 64.1 Å². The van der Waals surface area contributed by atoms with E-state index in [2.05, 4.69) is 5.32 Å². The Kier molecular flexibility index (Phi) is 8.72. The number of benzene rings is 2. The van der Waals surface area contributed by atoms with Crippen LogP contribution in [0.1, 0.15) is 37.5 Å². The van der Waals surface area contributed by atoms with E-state index in [1.54, 1.807) is 13.0 Å². The van der Waals surface area contributed by atoms with Crippen molar-refractivity contribution < 1.29 is 14.3 Å². The van der Waals surface area contributed by atoms with Crippen LogP contribution in [0, 0.1) is 19.8 Å². The monoisotopic (exact) mass is 430 g/mol. The number of carbonyl (C=O) groups is 2. The highest BCUT2D eigenvalue weighted by Crippen LogP contribution is 2.22. The number of halogens is 1. The third kappa shape index (κ3) is 6.49. The van der Waals surface area contributed by atoms with E-state index in [0.717, 1.165) is 16.7 Å². The van der Waals surface area contributed by atoms with Crippen molar-refractivity contribution in [3.63, 3.8) is 0 Å². The Labute approximate surface area is 184 Å². The van der Waals surface area contributed by atoms with Gasteiger partial charge in [-0.3, -0.25) is 9.59 Å². The maximum Gasteiger partial charge on any atom is 0.261 e. The number of rotatable bonds is 9. The van der Waals surface area contributed by atoms with Crippen molar-refractivity contribution in [2.45, 2.75) is 47.2 Å². The van der Waals surface area contributed by atoms with Crippen LogP contribution in [0.25, 0.3) is 0 Å². The summed E-state index contributed by atoms with van der Waals surface area (Å²) in [6.45, 7) is 10.3. The summed E-state index contributed by atoms with van der Waals surface area (Å²) in [5.74, 6) is 0.512. The standard InChI is InChI=1S/C24H31ClN2O3/c1-16(2)13-26-24(29)19(5)27(14-20-10-6-7-11-21(20)25)23(28)15-30-22-12-8-9-17(3)18(22)4/h6-12,16,19H,13-15H2,1-5H3,(H,26,29)/t19-/m1/s1. The van der Waals surface area contributed by atoms with Crippen LogP contribution in [0.15, 0.2) is 42.5 Å². The molecule has 0 bridgehead atoms. The second-order valence-corrected chi connectivity index (χ2v) is 8.32. The zero-order chi connectivity index (χ0) is 22.3. The Balaban J connectivity index is 2.18. The van der Waals surface area contributed by atoms with Gasteiger partial charge >= 0.3 is 0 Å². The lowest BCUT2D eigenvalue weighted by Gasteiger charge is -2.29. The third-order valence-corrected chi connectivity index (χ3v) is 5.43. The average molecular weight is 431 g/mol. The van der Waals surface area contributed by atoms with Gasteiger partial charge in [-0.1, -0.05) is 55.8 Å². The van der Waals surface area contributed by atoms with E-state index in [0.29, 0.717) is 23.2 Å². The molecule has 2 aromatic carbocycles. The van der Waals surface area contributed by atoms with Crippen molar-refractivity contribution in [2.75, 3.05) is 13.2 Å². The van der Waals surface area contributed by atoms with Crippen molar-refractivity contribution in [1.29, 1.82) is 0 Å². The highest BCUT2D eigenvalue weighted by molar-refractivity contribution is 6.31. The summed E-state index contributed by atoms with van der Waals surface area (Å²) in [5.41, 5.74) is 2.86. The Morgan fingerprint density at radius 1 is 1.07 bits per heavy atom. The molecule has 0 radical (unpaired) electrons. The first kappa shape index (κ1) is 23.7. The quantitative estimate of drug-likeness (QED) is 0.636. The molecule has 0 aliphatic rings. The molecule has 6 heteroatoms. The van der Waals surface area contributed by atoms with Gasteiger partial charge in [0, 0.05) is 18.1 Å². The van der Waals surface area contributed by atoms with Crippen molar-refractivity contribution in [3.05, 3.63) is 64.2 Å². The van der Waals surface area contributed by atoms with Gasteiger partial charge in [-0.05, 0) is 55.5 Å². The van der Waals surface area contributed by atoms with Gasteiger partial charge in [0.15, 0.2) is 6.61 Å². The Bertz CT molecular complexity index is 883. The molecular formula is C24H31ClN2O3. The lowest BCUT2D eigenvalue weighted by atomic mass is 10.1. The third-order valence-electron chi connectivity index (χ3n) is 5.06. The molecule has 5 nitrogen and oxygen atoms in total. The molecule has 0 aliphatic carbocycles. The molecule has 0 fully saturated rings. The van der Waals surface area contributed by atoms with Crippen LogP contribution in [0.4, 0.5) is 0 Å². The second kappa shape index (κ2) is 11.0. The lowest BCUT2D eigenvalue weighted by molar-refractivity contribution is -0.142. The number of ether oxygens (including phenoxy) is 1. The summed E-state index contributed by atoms with van der Waals surface area (Å²) >= 11 is 6.30. The average Bonchev–Trinajstić information content (AvgIpc) is 2.71. The van der Waals surface area contributed by atoms with Gasteiger partial charge < -0.3 is 15.0 Å². The maximum absolute atomic E-state index is 13.1. The van der Waals surface area contributed by atoms with Crippen LogP contribution in [-0.2, 0) is 16.1 Å². The molecular weight excluding hydrogens is 400 g/mol. The molecule has 0 saturated carbocycles. The van der Waals surface area contributed by atoms with Crippen LogP contribution >= 0.6 is 11.6 Å². The van der Waals surface area contributed by atoms with Gasteiger partial charge in [0.2, 0.25) is 5.91 Å². The molecule has 0 unspecified atom stereocenters. The fourth-order valence-electron chi connectivity index (χ4n) is 2.95. The van der Waals surface area contributed by atoms with Crippen LogP contribution in [0.2, 0.25) is 5.02 Å². The predicted molar refractivity (Wildman–Crippen MR) is 121 cm³/mol. The Morgan fingerprint density at radius 2 is 1.77 bits per heavy atom. The van der Waals surface area contributed by atoms with Gasteiger partial charge in [0.05, 0.1) is 0 Å². The highest BCUT2D eigenvalue weighted by atomic mass is 35.5. The number of carbonyl (C=O) groups excluding carboxylic acids is 2. The molecule has 2 rings (SSSR count). The molecule has 0 spiro atoms. The number of amides is 2. The number of nitrogens with one attached hydrogen (secondary N) is 1. The largest absolute Gasteiger partial charge is 0.483 e.